The number of fused-ring (bicyclic) bond motifs is 1. The first-order chi connectivity index (χ1) is 17.9. The molecular weight excluding hydrogens is 524 g/mol. The molecule has 190 valence electrons. The Bertz CT molecular complexity index is 1420. The molecule has 2 amide bonds. The van der Waals surface area contributed by atoms with Crippen LogP contribution < -0.4 is 15.6 Å². The summed E-state index contributed by atoms with van der Waals surface area (Å²) in [7, 11) is 1.28. The van der Waals surface area contributed by atoms with Gasteiger partial charge in [0.05, 0.1) is 5.56 Å². The number of nitrogens with two attached hydrogens (primary N) is 1. The number of pyridine rings is 1. The molecule has 0 unspecified atom stereocenters. The van der Waals surface area contributed by atoms with Crippen LogP contribution in [0, 0.1) is 0 Å². The molecule has 5 rings (SSSR count). The summed E-state index contributed by atoms with van der Waals surface area (Å²) < 4.78 is 6.96. The number of β-lactam (4-membered cyclic amide) rings is 1. The molecule has 0 bridgehead atoms. The number of amides is 2. The standard InChI is InChI=1S/C21H18N8O6S2/c1-34-27-13(12-8-37-21(22)24-12)16(30)25-14-18(31)29-15(20(32)33)11(7-36-19(14)29)6-28-4-2-10(3-5-28)17-26-23-9-35-17/h2-5,8-9,14,19H,6-7H2,1H3,(H3-,22,24,25,30,32,33)/p+1/b27-13-/t14-,19+/m1/s1. The molecule has 37 heavy (non-hydrogen) atoms. The minimum absolute atomic E-state index is 0.0919. The summed E-state index contributed by atoms with van der Waals surface area (Å²) in [6.07, 6.45) is 4.74. The molecule has 2 atom stereocenters. The summed E-state index contributed by atoms with van der Waals surface area (Å²) in [6, 6.07) is 2.60. The number of carboxylic acids is 1. The summed E-state index contributed by atoms with van der Waals surface area (Å²) >= 11 is 2.48. The van der Waals surface area contributed by atoms with Gasteiger partial charge in [-0.1, -0.05) is 5.16 Å². The number of thioether (sulfide) groups is 1. The molecular formula is C21H19N8O6S2+. The predicted octanol–water partition coefficient (Wildman–Crippen LogP) is -0.148. The van der Waals surface area contributed by atoms with Crippen LogP contribution in [0.25, 0.3) is 11.5 Å². The zero-order valence-corrected chi connectivity index (χ0v) is 20.7. The number of rotatable bonds is 8. The van der Waals surface area contributed by atoms with E-state index < -0.39 is 29.2 Å². The van der Waals surface area contributed by atoms with Gasteiger partial charge in [0, 0.05) is 28.8 Å². The second kappa shape index (κ2) is 9.98. The number of nitrogens with one attached hydrogen (secondary N) is 1. The quantitative estimate of drug-likeness (QED) is 0.148. The second-order valence-corrected chi connectivity index (χ2v) is 9.81. The van der Waals surface area contributed by atoms with Crippen LogP contribution in [0.1, 0.15) is 5.69 Å². The number of carbonyl (C=O) groups excluding carboxylic acids is 2. The molecule has 16 heteroatoms. The molecule has 14 nitrogen and oxygen atoms in total. The van der Waals surface area contributed by atoms with Gasteiger partial charge in [0.15, 0.2) is 29.8 Å². The van der Waals surface area contributed by atoms with Crippen molar-refractivity contribution in [2.45, 2.75) is 18.0 Å². The zero-order chi connectivity index (χ0) is 26.1. The number of carbonyl (C=O) groups is 3. The van der Waals surface area contributed by atoms with Crippen molar-refractivity contribution in [3.8, 4) is 11.5 Å². The maximum atomic E-state index is 13.0. The molecule has 0 spiro atoms. The van der Waals surface area contributed by atoms with E-state index in [0.29, 0.717) is 22.8 Å². The van der Waals surface area contributed by atoms with Crippen LogP contribution in [0.2, 0.25) is 0 Å². The Kier molecular flexibility index (Phi) is 6.58. The summed E-state index contributed by atoms with van der Waals surface area (Å²) in [5.41, 5.74) is 6.89. The summed E-state index contributed by atoms with van der Waals surface area (Å²) in [5.74, 6) is -1.73. The van der Waals surface area contributed by atoms with Crippen molar-refractivity contribution in [3.63, 3.8) is 0 Å². The Labute approximate surface area is 216 Å². The fraction of sp³-hybridized carbons (Fsp3) is 0.238. The molecule has 1 fully saturated rings. The van der Waals surface area contributed by atoms with Gasteiger partial charge in [0.25, 0.3) is 11.8 Å². The molecule has 0 aromatic carbocycles. The van der Waals surface area contributed by atoms with Crippen molar-refractivity contribution in [1.29, 1.82) is 0 Å². The van der Waals surface area contributed by atoms with Crippen LogP contribution in [0.5, 0.6) is 0 Å². The van der Waals surface area contributed by atoms with Crippen LogP contribution >= 0.6 is 23.1 Å². The lowest BCUT2D eigenvalue weighted by Crippen LogP contribution is -2.71. The number of oxime groups is 1. The van der Waals surface area contributed by atoms with Gasteiger partial charge in [-0.2, -0.15) is 0 Å². The molecule has 4 N–H and O–H groups in total. The average Bonchev–Trinajstić information content (AvgIpc) is 3.58. The molecule has 0 saturated carbocycles. The Morgan fingerprint density at radius 2 is 2.19 bits per heavy atom. The van der Waals surface area contributed by atoms with Crippen LogP contribution in [-0.4, -0.2) is 73.0 Å². The normalized spacial score (nSPS) is 19.3. The van der Waals surface area contributed by atoms with Gasteiger partial charge in [0.2, 0.25) is 12.3 Å². The van der Waals surface area contributed by atoms with Gasteiger partial charge >= 0.3 is 5.97 Å². The van der Waals surface area contributed by atoms with E-state index in [1.807, 2.05) is 0 Å². The third-order valence-electron chi connectivity index (χ3n) is 5.57. The minimum Gasteiger partial charge on any atom is -0.477 e. The fourth-order valence-electron chi connectivity index (χ4n) is 3.93. The number of aromatic nitrogens is 4. The molecule has 2 aliphatic rings. The van der Waals surface area contributed by atoms with E-state index in [1.165, 1.54) is 30.2 Å². The van der Waals surface area contributed by atoms with Crippen LogP contribution in [-0.2, 0) is 25.8 Å². The third kappa shape index (κ3) is 4.63. The van der Waals surface area contributed by atoms with Crippen molar-refractivity contribution in [3.05, 3.63) is 53.3 Å². The number of anilines is 1. The van der Waals surface area contributed by atoms with E-state index in [2.05, 4.69) is 25.7 Å². The van der Waals surface area contributed by atoms with Gasteiger partial charge in [-0.3, -0.25) is 14.5 Å². The molecule has 2 aliphatic heterocycles. The third-order valence-corrected chi connectivity index (χ3v) is 7.58. The van der Waals surface area contributed by atoms with Crippen LogP contribution in [0.15, 0.2) is 57.1 Å². The van der Waals surface area contributed by atoms with Crippen molar-refractivity contribution in [2.75, 3.05) is 18.6 Å². The Morgan fingerprint density at radius 3 is 2.81 bits per heavy atom. The summed E-state index contributed by atoms with van der Waals surface area (Å²) in [6.45, 7) is 0.252. The summed E-state index contributed by atoms with van der Waals surface area (Å²) in [4.78, 5) is 48.0. The molecule has 0 radical (unpaired) electrons. The lowest BCUT2D eigenvalue weighted by molar-refractivity contribution is -0.689. The lowest BCUT2D eigenvalue weighted by Gasteiger charge is -2.49. The van der Waals surface area contributed by atoms with E-state index in [4.69, 9.17) is 15.0 Å². The number of hydrogen-bond donors (Lipinski definition) is 3. The lowest BCUT2D eigenvalue weighted by atomic mass is 10.0. The highest BCUT2D eigenvalue weighted by Gasteiger charge is 2.54. The first-order valence-corrected chi connectivity index (χ1v) is 12.6. The van der Waals surface area contributed by atoms with Gasteiger partial charge in [0.1, 0.15) is 29.9 Å². The first-order valence-electron chi connectivity index (χ1n) is 10.7. The van der Waals surface area contributed by atoms with Crippen LogP contribution in [0.4, 0.5) is 5.13 Å². The number of carboxylic acid groups (broad SMARTS) is 1. The number of nitrogens with zero attached hydrogens (tertiary/aromatic N) is 6. The predicted molar refractivity (Wildman–Crippen MR) is 130 cm³/mol. The molecule has 5 heterocycles. The van der Waals surface area contributed by atoms with Crippen molar-refractivity contribution in [2.24, 2.45) is 5.16 Å². The second-order valence-electron chi connectivity index (χ2n) is 7.81. The van der Waals surface area contributed by atoms with E-state index in [0.717, 1.165) is 11.3 Å². The zero-order valence-electron chi connectivity index (χ0n) is 19.1. The van der Waals surface area contributed by atoms with Gasteiger partial charge in [-0.25, -0.2) is 14.3 Å². The van der Waals surface area contributed by atoms with Crippen molar-refractivity contribution in [1.82, 2.24) is 25.4 Å². The molecule has 0 aliphatic carbocycles. The van der Waals surface area contributed by atoms with Crippen molar-refractivity contribution >= 4 is 51.7 Å². The van der Waals surface area contributed by atoms with E-state index in [9.17, 15) is 19.5 Å². The SMILES string of the molecule is CO/N=C(\C(=O)N[C@@H]1C(=O)N2C(C(=O)O)=C(C[n+]3ccc(-c4nnco4)cc3)CS[C@@H]12)c1csc(N)n1. The van der Waals surface area contributed by atoms with E-state index in [-0.39, 0.29) is 28.8 Å². The van der Waals surface area contributed by atoms with Gasteiger partial charge < -0.3 is 25.4 Å². The van der Waals surface area contributed by atoms with E-state index in [1.54, 1.807) is 34.5 Å². The average molecular weight is 544 g/mol. The number of aliphatic carboxylic acids is 1. The Hall–Kier alpha value is -4.31. The van der Waals surface area contributed by atoms with E-state index >= 15 is 0 Å². The smallest absolute Gasteiger partial charge is 0.352 e. The highest BCUT2D eigenvalue weighted by Crippen LogP contribution is 2.40. The number of nitrogen functional groups attached to an aromatic ring is 1. The first kappa shape index (κ1) is 24.4. The Morgan fingerprint density at radius 1 is 1.41 bits per heavy atom. The topological polar surface area (TPSA) is 190 Å². The molecule has 1 saturated heterocycles. The Balaban J connectivity index is 1.32. The summed E-state index contributed by atoms with van der Waals surface area (Å²) in [5, 5.41) is 25.0. The molecule has 3 aromatic heterocycles. The highest BCUT2D eigenvalue weighted by atomic mass is 32.2. The monoisotopic (exact) mass is 543 g/mol. The van der Waals surface area contributed by atoms with Crippen molar-refractivity contribution < 1.29 is 33.3 Å². The maximum Gasteiger partial charge on any atom is 0.352 e. The number of thiazole rings is 1. The minimum atomic E-state index is -1.22. The highest BCUT2D eigenvalue weighted by molar-refractivity contribution is 8.00. The molecule has 3 aromatic rings. The van der Waals surface area contributed by atoms with Gasteiger partial charge in [-0.05, 0) is 0 Å². The fourth-order valence-corrected chi connectivity index (χ4v) is 5.81. The largest absolute Gasteiger partial charge is 0.477 e. The number of hydrogen-bond acceptors (Lipinski definition) is 12. The van der Waals surface area contributed by atoms with Gasteiger partial charge in [-0.15, -0.1) is 33.3 Å². The maximum absolute atomic E-state index is 13.0. The van der Waals surface area contributed by atoms with Crippen LogP contribution in [0.3, 0.4) is 0 Å².